The maximum Gasteiger partial charge on any atom is 0.0458 e. The van der Waals surface area contributed by atoms with E-state index in [0.717, 1.165) is 5.92 Å². The number of nitrogens with zero attached hydrogens (tertiary/aromatic N) is 1. The van der Waals surface area contributed by atoms with Crippen molar-refractivity contribution in [3.8, 4) is 0 Å². The average molecular weight is 259 g/mol. The Morgan fingerprint density at radius 1 is 0.800 bits per heavy atom. The maximum absolute atomic E-state index is 2.40. The number of anilines is 2. The highest BCUT2D eigenvalue weighted by atomic mass is 15.2. The summed E-state index contributed by atoms with van der Waals surface area (Å²) in [5, 5.41) is 0. The van der Waals surface area contributed by atoms with Crippen LogP contribution in [-0.2, 0) is 0 Å². The summed E-state index contributed by atoms with van der Waals surface area (Å²) < 4.78 is 0. The van der Waals surface area contributed by atoms with Crippen molar-refractivity contribution in [3.05, 3.63) is 84.6 Å². The van der Waals surface area contributed by atoms with Gasteiger partial charge in [-0.2, -0.15) is 0 Å². The molecule has 4 rings (SSSR count). The number of hydrogen-bond donors (Lipinski definition) is 0. The highest BCUT2D eigenvalue weighted by molar-refractivity contribution is 5.69. The Labute approximate surface area is 119 Å². The van der Waals surface area contributed by atoms with E-state index in [1.165, 1.54) is 23.5 Å². The molecule has 0 radical (unpaired) electrons. The SMILES string of the molecule is C1=CC2CC2C(N(c2ccccc2)c2ccccc2)=C1. The summed E-state index contributed by atoms with van der Waals surface area (Å²) in [6.45, 7) is 0. The molecule has 0 N–H and O–H groups in total. The zero-order valence-electron chi connectivity index (χ0n) is 11.3. The standard InChI is InChI=1S/C19H17N/c1-3-9-16(10-4-1)20(17-11-5-2-6-12-17)19-13-7-8-15-14-18(15)19/h1-13,15,18H,14H2. The summed E-state index contributed by atoms with van der Waals surface area (Å²) in [7, 11) is 0. The molecule has 0 spiro atoms. The van der Waals surface area contributed by atoms with Gasteiger partial charge in [-0.3, -0.25) is 0 Å². The fourth-order valence-electron chi connectivity index (χ4n) is 3.03. The Hall–Kier alpha value is -2.28. The smallest absolute Gasteiger partial charge is 0.0458 e. The minimum absolute atomic E-state index is 0.695. The minimum Gasteiger partial charge on any atom is -0.314 e. The van der Waals surface area contributed by atoms with E-state index in [-0.39, 0.29) is 0 Å². The van der Waals surface area contributed by atoms with E-state index >= 15 is 0 Å². The number of rotatable bonds is 3. The second-order valence-corrected chi connectivity index (χ2v) is 5.49. The summed E-state index contributed by atoms with van der Waals surface area (Å²) in [5.41, 5.74) is 3.91. The molecule has 20 heavy (non-hydrogen) atoms. The van der Waals surface area contributed by atoms with E-state index in [0.29, 0.717) is 5.92 Å². The van der Waals surface area contributed by atoms with Gasteiger partial charge in [0.2, 0.25) is 0 Å². The summed E-state index contributed by atoms with van der Waals surface area (Å²) in [4.78, 5) is 2.40. The second-order valence-electron chi connectivity index (χ2n) is 5.49. The first kappa shape index (κ1) is 11.5. The van der Waals surface area contributed by atoms with Crippen LogP contribution in [0.2, 0.25) is 0 Å². The van der Waals surface area contributed by atoms with Crippen molar-refractivity contribution in [2.24, 2.45) is 11.8 Å². The second kappa shape index (κ2) is 4.68. The fourth-order valence-corrected chi connectivity index (χ4v) is 3.03. The lowest BCUT2D eigenvalue weighted by Crippen LogP contribution is -2.19. The topological polar surface area (TPSA) is 3.24 Å². The van der Waals surface area contributed by atoms with Crippen LogP contribution in [0.4, 0.5) is 11.4 Å². The summed E-state index contributed by atoms with van der Waals surface area (Å²) in [6, 6.07) is 21.3. The van der Waals surface area contributed by atoms with Gasteiger partial charge in [-0.1, -0.05) is 48.6 Å². The molecule has 2 aromatic rings. The first-order valence-electron chi connectivity index (χ1n) is 7.22. The molecule has 98 valence electrons. The van der Waals surface area contributed by atoms with Crippen LogP contribution in [-0.4, -0.2) is 0 Å². The molecule has 1 heteroatoms. The molecular formula is C19H17N. The van der Waals surface area contributed by atoms with Gasteiger partial charge < -0.3 is 4.90 Å². The third-order valence-corrected chi connectivity index (χ3v) is 4.13. The summed E-state index contributed by atoms with van der Waals surface area (Å²) in [5.74, 6) is 1.45. The normalized spacial score (nSPS) is 22.9. The molecule has 1 saturated carbocycles. The van der Waals surface area contributed by atoms with E-state index in [1.54, 1.807) is 0 Å². The van der Waals surface area contributed by atoms with Gasteiger partial charge in [0.05, 0.1) is 0 Å². The molecule has 2 aliphatic rings. The predicted molar refractivity (Wildman–Crippen MR) is 83.8 cm³/mol. The van der Waals surface area contributed by atoms with E-state index in [9.17, 15) is 0 Å². The molecule has 0 aromatic heterocycles. The lowest BCUT2D eigenvalue weighted by Gasteiger charge is -2.29. The average Bonchev–Trinajstić information content (AvgIpc) is 3.30. The summed E-state index contributed by atoms with van der Waals surface area (Å²) >= 11 is 0. The summed E-state index contributed by atoms with van der Waals surface area (Å²) in [6.07, 6.45) is 8.11. The molecule has 1 nitrogen and oxygen atoms in total. The largest absolute Gasteiger partial charge is 0.314 e. The first-order valence-corrected chi connectivity index (χ1v) is 7.22. The quantitative estimate of drug-likeness (QED) is 0.756. The highest BCUT2D eigenvalue weighted by Crippen LogP contribution is 2.50. The molecule has 0 bridgehead atoms. The number of allylic oxidation sites excluding steroid dienone is 4. The van der Waals surface area contributed by atoms with Crippen molar-refractivity contribution in [2.75, 3.05) is 4.90 Å². The Morgan fingerprint density at radius 2 is 1.40 bits per heavy atom. The third-order valence-electron chi connectivity index (χ3n) is 4.13. The van der Waals surface area contributed by atoms with Gasteiger partial charge in [0.25, 0.3) is 0 Å². The van der Waals surface area contributed by atoms with Gasteiger partial charge in [-0.15, -0.1) is 0 Å². The fraction of sp³-hybridized carbons (Fsp3) is 0.158. The molecule has 0 amide bonds. The van der Waals surface area contributed by atoms with E-state index in [1.807, 2.05) is 0 Å². The van der Waals surface area contributed by atoms with Crippen LogP contribution >= 0.6 is 0 Å². The van der Waals surface area contributed by atoms with E-state index in [2.05, 4.69) is 83.8 Å². The van der Waals surface area contributed by atoms with Gasteiger partial charge in [0.15, 0.2) is 0 Å². The van der Waals surface area contributed by atoms with Crippen LogP contribution in [0.3, 0.4) is 0 Å². The molecule has 2 aliphatic carbocycles. The highest BCUT2D eigenvalue weighted by Gasteiger charge is 2.41. The lowest BCUT2D eigenvalue weighted by atomic mass is 10.1. The first-order chi connectivity index (χ1) is 9.93. The molecule has 0 heterocycles. The lowest BCUT2D eigenvalue weighted by molar-refractivity contribution is 0.871. The number of hydrogen-bond acceptors (Lipinski definition) is 1. The molecule has 2 atom stereocenters. The molecular weight excluding hydrogens is 242 g/mol. The molecule has 0 saturated heterocycles. The van der Waals surface area contributed by atoms with Crippen molar-refractivity contribution >= 4 is 11.4 Å². The van der Waals surface area contributed by atoms with Gasteiger partial charge in [-0.25, -0.2) is 0 Å². The van der Waals surface area contributed by atoms with Gasteiger partial charge in [-0.05, 0) is 42.7 Å². The maximum atomic E-state index is 2.40. The Balaban J connectivity index is 1.82. The Bertz CT molecular complexity index is 615. The molecule has 2 aromatic carbocycles. The Kier molecular flexibility index (Phi) is 2.70. The number of para-hydroxylation sites is 2. The molecule has 2 unspecified atom stereocenters. The van der Waals surface area contributed by atoms with Crippen molar-refractivity contribution in [1.82, 2.24) is 0 Å². The molecule has 1 fully saturated rings. The van der Waals surface area contributed by atoms with Crippen molar-refractivity contribution in [2.45, 2.75) is 6.42 Å². The molecule has 0 aliphatic heterocycles. The van der Waals surface area contributed by atoms with Crippen LogP contribution in [0.1, 0.15) is 6.42 Å². The van der Waals surface area contributed by atoms with Crippen LogP contribution in [0, 0.1) is 11.8 Å². The van der Waals surface area contributed by atoms with Gasteiger partial charge in [0, 0.05) is 23.0 Å². The number of fused-ring (bicyclic) bond motifs is 1. The van der Waals surface area contributed by atoms with Crippen molar-refractivity contribution in [3.63, 3.8) is 0 Å². The van der Waals surface area contributed by atoms with Crippen LogP contribution in [0.15, 0.2) is 84.6 Å². The zero-order valence-corrected chi connectivity index (χ0v) is 11.3. The van der Waals surface area contributed by atoms with Crippen LogP contribution in [0.25, 0.3) is 0 Å². The van der Waals surface area contributed by atoms with Crippen molar-refractivity contribution in [1.29, 1.82) is 0 Å². The third kappa shape index (κ3) is 1.96. The number of benzene rings is 2. The monoisotopic (exact) mass is 259 g/mol. The zero-order chi connectivity index (χ0) is 13.4. The van der Waals surface area contributed by atoms with E-state index < -0.39 is 0 Å². The Morgan fingerprint density at radius 3 is 2.00 bits per heavy atom. The minimum atomic E-state index is 0.695. The van der Waals surface area contributed by atoms with Gasteiger partial charge in [0.1, 0.15) is 0 Å². The van der Waals surface area contributed by atoms with Gasteiger partial charge >= 0.3 is 0 Å². The van der Waals surface area contributed by atoms with Crippen LogP contribution in [0.5, 0.6) is 0 Å². The predicted octanol–water partition coefficient (Wildman–Crippen LogP) is 4.91. The van der Waals surface area contributed by atoms with E-state index in [4.69, 9.17) is 0 Å². The van der Waals surface area contributed by atoms with Crippen molar-refractivity contribution < 1.29 is 0 Å². The van der Waals surface area contributed by atoms with Crippen LogP contribution < -0.4 is 4.90 Å².